The Kier molecular flexibility index (Phi) is 6.84. The number of hydrogen-bond donors (Lipinski definition) is 2. The van der Waals surface area contributed by atoms with Crippen molar-refractivity contribution in [1.29, 1.82) is 0 Å². The van der Waals surface area contributed by atoms with Crippen LogP contribution < -0.4 is 15.5 Å². The van der Waals surface area contributed by atoms with Gasteiger partial charge in [-0.05, 0) is 43.7 Å². The van der Waals surface area contributed by atoms with Gasteiger partial charge in [-0.2, -0.15) is 5.10 Å². The number of amides is 2. The summed E-state index contributed by atoms with van der Waals surface area (Å²) < 4.78 is 18.9. The van der Waals surface area contributed by atoms with Crippen molar-refractivity contribution in [2.24, 2.45) is 5.10 Å². The third kappa shape index (κ3) is 6.01. The summed E-state index contributed by atoms with van der Waals surface area (Å²) in [5.74, 6) is -1.43. The van der Waals surface area contributed by atoms with Crippen LogP contribution in [-0.4, -0.2) is 24.1 Å². The highest BCUT2D eigenvalue weighted by molar-refractivity contribution is 6.35. The maximum Gasteiger partial charge on any atom is 0.329 e. The second kappa shape index (κ2) is 9.31. The average Bonchev–Trinajstić information content (AvgIpc) is 2.60. The summed E-state index contributed by atoms with van der Waals surface area (Å²) in [5, 5.41) is 6.24. The van der Waals surface area contributed by atoms with E-state index in [1.807, 2.05) is 0 Å². The molecule has 0 aromatic heterocycles. The van der Waals surface area contributed by atoms with Crippen LogP contribution in [0.15, 0.2) is 53.6 Å². The number of rotatable bonds is 6. The van der Waals surface area contributed by atoms with E-state index in [0.29, 0.717) is 16.9 Å². The highest BCUT2D eigenvalue weighted by Crippen LogP contribution is 2.17. The summed E-state index contributed by atoms with van der Waals surface area (Å²) in [6, 6.07) is 13.0. The molecule has 0 fully saturated rings. The highest BCUT2D eigenvalue weighted by atomic mass is 19.1. The van der Waals surface area contributed by atoms with Crippen molar-refractivity contribution < 1.29 is 18.7 Å². The van der Waals surface area contributed by atoms with Crippen LogP contribution in [0.1, 0.15) is 25.0 Å². The first kappa shape index (κ1) is 19.1. The molecular formula is C19H20FN3O3. The molecule has 0 bridgehead atoms. The van der Waals surface area contributed by atoms with Crippen molar-refractivity contribution >= 4 is 18.0 Å². The van der Waals surface area contributed by atoms with E-state index in [4.69, 9.17) is 4.74 Å². The van der Waals surface area contributed by atoms with Gasteiger partial charge in [0.1, 0.15) is 18.2 Å². The highest BCUT2D eigenvalue weighted by Gasteiger charge is 2.13. The lowest BCUT2D eigenvalue weighted by atomic mass is 10.2. The lowest BCUT2D eigenvalue weighted by molar-refractivity contribution is -0.139. The van der Waals surface area contributed by atoms with Crippen molar-refractivity contribution in [2.75, 3.05) is 0 Å². The number of benzene rings is 2. The zero-order valence-electron chi connectivity index (χ0n) is 14.5. The topological polar surface area (TPSA) is 79.8 Å². The van der Waals surface area contributed by atoms with E-state index in [9.17, 15) is 14.0 Å². The van der Waals surface area contributed by atoms with Crippen LogP contribution in [0.2, 0.25) is 0 Å². The van der Waals surface area contributed by atoms with Crippen molar-refractivity contribution in [3.63, 3.8) is 0 Å². The molecule has 0 unspecified atom stereocenters. The van der Waals surface area contributed by atoms with Crippen molar-refractivity contribution in [3.8, 4) is 5.75 Å². The van der Waals surface area contributed by atoms with E-state index in [-0.39, 0.29) is 18.5 Å². The zero-order chi connectivity index (χ0) is 18.9. The van der Waals surface area contributed by atoms with Crippen LogP contribution >= 0.6 is 0 Å². The van der Waals surface area contributed by atoms with Gasteiger partial charge in [-0.3, -0.25) is 9.59 Å². The fraction of sp³-hybridized carbons (Fsp3) is 0.211. The Morgan fingerprint density at radius 2 is 1.92 bits per heavy atom. The van der Waals surface area contributed by atoms with E-state index >= 15 is 0 Å². The number of carbonyl (C=O) groups excluding carboxylic acids is 2. The van der Waals surface area contributed by atoms with E-state index in [1.54, 1.807) is 50.2 Å². The lowest BCUT2D eigenvalue weighted by Crippen LogP contribution is -2.41. The molecule has 2 aromatic carbocycles. The molecule has 7 heteroatoms. The van der Waals surface area contributed by atoms with E-state index in [2.05, 4.69) is 15.8 Å². The monoisotopic (exact) mass is 357 g/mol. The Morgan fingerprint density at radius 3 is 2.65 bits per heavy atom. The van der Waals surface area contributed by atoms with Gasteiger partial charge in [0.15, 0.2) is 0 Å². The van der Waals surface area contributed by atoms with Crippen LogP contribution in [0, 0.1) is 5.82 Å². The first-order valence-corrected chi connectivity index (χ1v) is 8.06. The van der Waals surface area contributed by atoms with Gasteiger partial charge >= 0.3 is 11.8 Å². The molecule has 0 spiro atoms. The number of para-hydroxylation sites is 1. The zero-order valence-corrected chi connectivity index (χ0v) is 14.5. The normalized spacial score (nSPS) is 10.8. The minimum absolute atomic E-state index is 0.144. The summed E-state index contributed by atoms with van der Waals surface area (Å²) in [5.41, 5.74) is 3.45. The molecule has 0 aliphatic carbocycles. The predicted molar refractivity (Wildman–Crippen MR) is 96.2 cm³/mol. The summed E-state index contributed by atoms with van der Waals surface area (Å²) in [6.07, 6.45) is 1.38. The number of carbonyl (C=O) groups is 2. The van der Waals surface area contributed by atoms with Crippen LogP contribution in [0.4, 0.5) is 4.39 Å². The van der Waals surface area contributed by atoms with Gasteiger partial charge in [-0.15, -0.1) is 0 Å². The summed E-state index contributed by atoms with van der Waals surface area (Å²) in [7, 11) is 0. The summed E-state index contributed by atoms with van der Waals surface area (Å²) >= 11 is 0. The minimum Gasteiger partial charge on any atom is -0.488 e. The molecule has 0 radical (unpaired) electrons. The van der Waals surface area contributed by atoms with Gasteiger partial charge in [-0.25, -0.2) is 9.82 Å². The van der Waals surface area contributed by atoms with Gasteiger partial charge in [0.25, 0.3) is 0 Å². The summed E-state index contributed by atoms with van der Waals surface area (Å²) in [4.78, 5) is 23.1. The van der Waals surface area contributed by atoms with Gasteiger partial charge in [-0.1, -0.05) is 24.3 Å². The van der Waals surface area contributed by atoms with Gasteiger partial charge < -0.3 is 10.1 Å². The number of halogens is 1. The fourth-order valence-corrected chi connectivity index (χ4v) is 2.05. The Labute approximate surface area is 151 Å². The number of nitrogens with one attached hydrogen (secondary N) is 2. The molecule has 2 rings (SSSR count). The van der Waals surface area contributed by atoms with E-state index in [0.717, 1.165) is 0 Å². The molecule has 136 valence electrons. The molecule has 2 aromatic rings. The quantitative estimate of drug-likeness (QED) is 0.473. The van der Waals surface area contributed by atoms with E-state index < -0.39 is 11.8 Å². The van der Waals surface area contributed by atoms with Crippen LogP contribution in [0.5, 0.6) is 5.75 Å². The smallest absolute Gasteiger partial charge is 0.329 e. The molecule has 26 heavy (non-hydrogen) atoms. The minimum atomic E-state index is -0.854. The third-order valence-corrected chi connectivity index (χ3v) is 3.20. The Balaban J connectivity index is 1.97. The van der Waals surface area contributed by atoms with Gasteiger partial charge in [0, 0.05) is 11.6 Å². The molecule has 2 amide bonds. The van der Waals surface area contributed by atoms with Crippen molar-refractivity contribution in [3.05, 3.63) is 65.5 Å². The number of ether oxygens (including phenoxy) is 1. The number of nitrogens with zero attached hydrogens (tertiary/aromatic N) is 1. The van der Waals surface area contributed by atoms with Crippen molar-refractivity contribution in [1.82, 2.24) is 10.7 Å². The van der Waals surface area contributed by atoms with Crippen LogP contribution in [0.3, 0.4) is 0 Å². The molecule has 0 heterocycles. The summed E-state index contributed by atoms with van der Waals surface area (Å²) in [6.45, 7) is 3.69. The average molecular weight is 357 g/mol. The Morgan fingerprint density at radius 1 is 1.15 bits per heavy atom. The fourth-order valence-electron chi connectivity index (χ4n) is 2.05. The second-order valence-corrected chi connectivity index (χ2v) is 5.78. The van der Waals surface area contributed by atoms with Crippen molar-refractivity contribution in [2.45, 2.75) is 26.5 Å². The lowest BCUT2D eigenvalue weighted by Gasteiger charge is -2.09. The Bertz CT molecular complexity index is 806. The first-order valence-electron chi connectivity index (χ1n) is 8.06. The predicted octanol–water partition coefficient (Wildman–Crippen LogP) is 2.38. The third-order valence-electron chi connectivity index (χ3n) is 3.20. The first-order chi connectivity index (χ1) is 12.5. The molecule has 0 aliphatic rings. The molecular weight excluding hydrogens is 337 g/mol. The SMILES string of the molecule is CC(C)NC(=O)C(=O)N/N=C\c1ccccc1OCc1cccc(F)c1. The molecule has 2 N–H and O–H groups in total. The van der Waals surface area contributed by atoms with Gasteiger partial charge in [0.05, 0.1) is 6.21 Å². The maximum absolute atomic E-state index is 13.2. The molecule has 0 saturated carbocycles. The van der Waals surface area contributed by atoms with E-state index in [1.165, 1.54) is 18.3 Å². The van der Waals surface area contributed by atoms with Crippen LogP contribution in [-0.2, 0) is 16.2 Å². The molecule has 0 aliphatic heterocycles. The van der Waals surface area contributed by atoms with Gasteiger partial charge in [0.2, 0.25) is 0 Å². The molecule has 6 nitrogen and oxygen atoms in total. The Hall–Kier alpha value is -3.22. The second-order valence-electron chi connectivity index (χ2n) is 5.78. The number of hydrogen-bond acceptors (Lipinski definition) is 4. The molecule has 0 saturated heterocycles. The standard InChI is InChI=1S/C19H20FN3O3/c1-13(2)22-18(24)19(25)23-21-11-15-7-3-4-9-17(15)26-12-14-6-5-8-16(20)10-14/h3-11,13H,12H2,1-2H3,(H,22,24)(H,23,25)/b21-11-. The van der Waals surface area contributed by atoms with Crippen LogP contribution in [0.25, 0.3) is 0 Å². The largest absolute Gasteiger partial charge is 0.488 e. The molecule has 0 atom stereocenters. The maximum atomic E-state index is 13.2. The number of hydrazone groups is 1.